The fourth-order valence-electron chi connectivity index (χ4n) is 3.95. The van der Waals surface area contributed by atoms with Crippen LogP contribution in [0.3, 0.4) is 0 Å². The summed E-state index contributed by atoms with van der Waals surface area (Å²) >= 11 is 0. The third-order valence-electron chi connectivity index (χ3n) is 4.98. The van der Waals surface area contributed by atoms with Gasteiger partial charge in [0, 0.05) is 43.9 Å². The number of benzene rings is 1. The molecule has 1 aliphatic carbocycles. The van der Waals surface area contributed by atoms with Crippen molar-refractivity contribution in [3.63, 3.8) is 0 Å². The van der Waals surface area contributed by atoms with E-state index in [1.165, 1.54) is 12.5 Å². The number of halogens is 5. The summed E-state index contributed by atoms with van der Waals surface area (Å²) in [4.78, 5) is 2.20. The van der Waals surface area contributed by atoms with Crippen LogP contribution in [0.2, 0.25) is 0 Å². The fourth-order valence-corrected chi connectivity index (χ4v) is 3.95. The molecule has 1 aromatic carbocycles. The molecule has 0 radical (unpaired) electrons. The van der Waals surface area contributed by atoms with Crippen molar-refractivity contribution in [1.82, 2.24) is 10.2 Å². The Labute approximate surface area is 154 Å². The van der Waals surface area contributed by atoms with Gasteiger partial charge in [-0.3, -0.25) is 4.90 Å². The standard InChI is InChI=1S/C17H23F3N2.2ClH/c18-13-10-14(16(20)15(19)11-13)17(12-4-2-1-3-5-12)22-8-6-21-7-9-22;;/h10-12,17,21H,1-9H2;2*1H/t17-;;/m0../s1. The molecule has 138 valence electrons. The molecule has 2 nitrogen and oxygen atoms in total. The summed E-state index contributed by atoms with van der Waals surface area (Å²) in [6.45, 7) is 3.25. The van der Waals surface area contributed by atoms with E-state index in [-0.39, 0.29) is 42.3 Å². The van der Waals surface area contributed by atoms with Crippen molar-refractivity contribution in [2.75, 3.05) is 26.2 Å². The maximum atomic E-state index is 14.4. The Morgan fingerprint density at radius 1 is 0.958 bits per heavy atom. The van der Waals surface area contributed by atoms with E-state index in [2.05, 4.69) is 10.2 Å². The van der Waals surface area contributed by atoms with Gasteiger partial charge in [-0.05, 0) is 24.8 Å². The molecular weight excluding hydrogens is 360 g/mol. The average molecular weight is 385 g/mol. The predicted molar refractivity (Wildman–Crippen MR) is 94.6 cm³/mol. The van der Waals surface area contributed by atoms with Gasteiger partial charge in [-0.25, -0.2) is 13.2 Å². The van der Waals surface area contributed by atoms with Gasteiger partial charge in [0.2, 0.25) is 0 Å². The smallest absolute Gasteiger partial charge is 0.163 e. The van der Waals surface area contributed by atoms with Gasteiger partial charge in [0.15, 0.2) is 11.6 Å². The minimum Gasteiger partial charge on any atom is -0.314 e. The topological polar surface area (TPSA) is 15.3 Å². The molecule has 1 heterocycles. The number of hydrogen-bond acceptors (Lipinski definition) is 2. The lowest BCUT2D eigenvalue weighted by Gasteiger charge is -2.41. The maximum absolute atomic E-state index is 14.4. The van der Waals surface area contributed by atoms with Crippen LogP contribution in [0.1, 0.15) is 43.7 Å². The van der Waals surface area contributed by atoms with Gasteiger partial charge in [0.25, 0.3) is 0 Å². The van der Waals surface area contributed by atoms with Crippen molar-refractivity contribution in [3.8, 4) is 0 Å². The van der Waals surface area contributed by atoms with E-state index in [0.29, 0.717) is 6.07 Å². The molecule has 0 amide bonds. The molecule has 1 N–H and O–H groups in total. The first-order chi connectivity index (χ1) is 10.7. The van der Waals surface area contributed by atoms with Gasteiger partial charge in [0.1, 0.15) is 5.82 Å². The van der Waals surface area contributed by atoms with Crippen molar-refractivity contribution in [1.29, 1.82) is 0 Å². The van der Waals surface area contributed by atoms with Crippen LogP contribution in [0.25, 0.3) is 0 Å². The van der Waals surface area contributed by atoms with E-state index in [1.807, 2.05) is 0 Å². The third-order valence-corrected chi connectivity index (χ3v) is 4.98. The van der Waals surface area contributed by atoms with E-state index in [0.717, 1.165) is 51.9 Å². The molecule has 0 unspecified atom stereocenters. The van der Waals surface area contributed by atoms with Crippen LogP contribution < -0.4 is 5.32 Å². The molecule has 1 aliphatic heterocycles. The van der Waals surface area contributed by atoms with Gasteiger partial charge < -0.3 is 5.32 Å². The highest BCUT2D eigenvalue weighted by molar-refractivity contribution is 5.85. The van der Waals surface area contributed by atoms with E-state index >= 15 is 0 Å². The molecule has 1 saturated carbocycles. The highest BCUT2D eigenvalue weighted by atomic mass is 35.5. The minimum absolute atomic E-state index is 0. The first-order valence-corrected chi connectivity index (χ1v) is 8.26. The van der Waals surface area contributed by atoms with Crippen molar-refractivity contribution < 1.29 is 13.2 Å². The Morgan fingerprint density at radius 2 is 1.58 bits per heavy atom. The zero-order valence-corrected chi connectivity index (χ0v) is 15.2. The van der Waals surface area contributed by atoms with Crippen LogP contribution in [-0.2, 0) is 0 Å². The number of rotatable bonds is 3. The molecule has 1 aromatic rings. The van der Waals surface area contributed by atoms with Crippen LogP contribution in [0.15, 0.2) is 12.1 Å². The Bertz CT molecular complexity index is 501. The molecule has 2 fully saturated rings. The third kappa shape index (κ3) is 4.78. The molecule has 24 heavy (non-hydrogen) atoms. The zero-order valence-electron chi connectivity index (χ0n) is 13.6. The van der Waals surface area contributed by atoms with Gasteiger partial charge in [-0.15, -0.1) is 24.8 Å². The summed E-state index contributed by atoms with van der Waals surface area (Å²) in [7, 11) is 0. The van der Waals surface area contributed by atoms with Crippen molar-refractivity contribution in [2.24, 2.45) is 5.92 Å². The first-order valence-electron chi connectivity index (χ1n) is 8.26. The molecular formula is C17H25Cl2F3N2. The fraction of sp³-hybridized carbons (Fsp3) is 0.647. The van der Waals surface area contributed by atoms with Crippen molar-refractivity contribution in [3.05, 3.63) is 35.1 Å². The quantitative estimate of drug-likeness (QED) is 0.773. The Balaban J connectivity index is 0.00000144. The summed E-state index contributed by atoms with van der Waals surface area (Å²) in [5.74, 6) is -2.37. The van der Waals surface area contributed by atoms with Crippen molar-refractivity contribution >= 4 is 24.8 Å². The highest BCUT2D eigenvalue weighted by Crippen LogP contribution is 2.40. The molecule has 7 heteroatoms. The Morgan fingerprint density at radius 3 is 2.21 bits per heavy atom. The number of nitrogens with one attached hydrogen (secondary N) is 1. The minimum atomic E-state index is -1.08. The molecule has 3 rings (SSSR count). The first kappa shape index (κ1) is 21.6. The van der Waals surface area contributed by atoms with Crippen LogP contribution >= 0.6 is 24.8 Å². The highest BCUT2D eigenvalue weighted by Gasteiger charge is 2.33. The number of piperazine rings is 1. The average Bonchev–Trinajstić information content (AvgIpc) is 2.54. The molecule has 0 bridgehead atoms. The summed E-state index contributed by atoms with van der Waals surface area (Å²) < 4.78 is 41.7. The molecule has 1 atom stereocenters. The lowest BCUT2D eigenvalue weighted by molar-refractivity contribution is 0.0997. The Kier molecular flexibility index (Phi) is 8.85. The van der Waals surface area contributed by atoms with E-state index in [4.69, 9.17) is 0 Å². The van der Waals surface area contributed by atoms with E-state index in [1.54, 1.807) is 0 Å². The summed E-state index contributed by atoms with van der Waals surface area (Å²) in [5, 5.41) is 3.28. The van der Waals surface area contributed by atoms with Gasteiger partial charge >= 0.3 is 0 Å². The van der Waals surface area contributed by atoms with Crippen molar-refractivity contribution in [2.45, 2.75) is 38.1 Å². The molecule has 0 spiro atoms. The predicted octanol–water partition coefficient (Wildman–Crippen LogP) is 4.47. The lowest BCUT2D eigenvalue weighted by Crippen LogP contribution is -2.47. The van der Waals surface area contributed by atoms with E-state index < -0.39 is 17.5 Å². The summed E-state index contributed by atoms with van der Waals surface area (Å²) in [6, 6.07) is 1.61. The number of hydrogen-bond donors (Lipinski definition) is 1. The second-order valence-corrected chi connectivity index (χ2v) is 6.42. The molecule has 2 aliphatic rings. The van der Waals surface area contributed by atoms with Crippen LogP contribution in [-0.4, -0.2) is 31.1 Å². The van der Waals surface area contributed by atoms with Gasteiger partial charge in [-0.2, -0.15) is 0 Å². The van der Waals surface area contributed by atoms with Crippen LogP contribution in [0.5, 0.6) is 0 Å². The lowest BCUT2D eigenvalue weighted by atomic mass is 9.80. The normalized spacial score (nSPS) is 20.8. The largest absolute Gasteiger partial charge is 0.314 e. The summed E-state index contributed by atoms with van der Waals surface area (Å²) in [6.07, 6.45) is 5.45. The molecule has 1 saturated heterocycles. The number of nitrogens with zero attached hydrogens (tertiary/aromatic N) is 1. The second kappa shape index (κ2) is 9.85. The van der Waals surface area contributed by atoms with Crippen LogP contribution in [0.4, 0.5) is 13.2 Å². The van der Waals surface area contributed by atoms with Gasteiger partial charge in [-0.1, -0.05) is 19.3 Å². The monoisotopic (exact) mass is 384 g/mol. The molecule has 0 aromatic heterocycles. The second-order valence-electron chi connectivity index (χ2n) is 6.42. The summed E-state index contributed by atoms with van der Waals surface area (Å²) in [5.41, 5.74) is 0.200. The SMILES string of the molecule is Cl.Cl.Fc1cc(F)c(F)c([C@H](C2CCCCC2)N2CCNCC2)c1. The van der Waals surface area contributed by atoms with Crippen LogP contribution in [0, 0.1) is 23.4 Å². The Hall–Kier alpha value is -0.490. The van der Waals surface area contributed by atoms with E-state index in [9.17, 15) is 13.2 Å². The zero-order chi connectivity index (χ0) is 15.5. The van der Waals surface area contributed by atoms with Gasteiger partial charge in [0.05, 0.1) is 0 Å². The maximum Gasteiger partial charge on any atom is 0.163 e.